The highest BCUT2D eigenvalue weighted by molar-refractivity contribution is 7.99. The van der Waals surface area contributed by atoms with Crippen molar-refractivity contribution in [2.75, 3.05) is 5.75 Å². The van der Waals surface area contributed by atoms with E-state index >= 15 is 4.39 Å². The van der Waals surface area contributed by atoms with Crippen molar-refractivity contribution in [1.29, 1.82) is 0 Å². The van der Waals surface area contributed by atoms with E-state index in [1.54, 1.807) is 12.1 Å². The van der Waals surface area contributed by atoms with Crippen LogP contribution >= 0.6 is 11.8 Å². The lowest BCUT2D eigenvalue weighted by molar-refractivity contribution is 0.336. The van der Waals surface area contributed by atoms with Gasteiger partial charge in [-0.1, -0.05) is 54.6 Å². The number of halogens is 3. The highest BCUT2D eigenvalue weighted by atomic mass is 32.2. The summed E-state index contributed by atoms with van der Waals surface area (Å²) in [6.07, 6.45) is -0.485. The standard InChI is InChI=1S/C22H19F3S/c23-19-10-6-17(7-11-19)21(25)22(18-8-12-20(24)13-9-18)26-15-14-16-4-2-1-3-5-16/h1-13,21-22H,14-15H2/t21-,22-/m0/s1. The molecule has 4 heteroatoms. The second kappa shape index (κ2) is 8.95. The summed E-state index contributed by atoms with van der Waals surface area (Å²) in [4.78, 5) is 0. The molecule has 0 nitrogen and oxygen atoms in total. The Hall–Kier alpha value is -2.20. The van der Waals surface area contributed by atoms with Crippen LogP contribution in [0.3, 0.4) is 0 Å². The molecular weight excluding hydrogens is 353 g/mol. The lowest BCUT2D eigenvalue weighted by Crippen LogP contribution is -2.06. The first-order chi connectivity index (χ1) is 12.6. The first kappa shape index (κ1) is 18.6. The normalized spacial score (nSPS) is 13.3. The van der Waals surface area contributed by atoms with E-state index in [-0.39, 0.29) is 5.82 Å². The molecule has 0 heterocycles. The molecule has 0 spiro atoms. The Kier molecular flexibility index (Phi) is 6.40. The van der Waals surface area contributed by atoms with E-state index in [0.717, 1.165) is 17.7 Å². The predicted octanol–water partition coefficient (Wildman–Crippen LogP) is 6.69. The lowest BCUT2D eigenvalue weighted by Gasteiger charge is -2.22. The van der Waals surface area contributed by atoms with Gasteiger partial charge in [-0.3, -0.25) is 0 Å². The van der Waals surface area contributed by atoms with Gasteiger partial charge < -0.3 is 0 Å². The smallest absolute Gasteiger partial charge is 0.141 e. The summed E-state index contributed by atoms with van der Waals surface area (Å²) in [6.45, 7) is 0. The molecule has 26 heavy (non-hydrogen) atoms. The van der Waals surface area contributed by atoms with Gasteiger partial charge in [0.1, 0.15) is 17.8 Å². The minimum Gasteiger partial charge on any atom is -0.241 e. The maximum atomic E-state index is 15.2. The molecule has 3 rings (SSSR count). The molecule has 0 unspecified atom stereocenters. The van der Waals surface area contributed by atoms with Gasteiger partial charge in [0.15, 0.2) is 0 Å². The van der Waals surface area contributed by atoms with Crippen LogP contribution < -0.4 is 0 Å². The summed E-state index contributed by atoms with van der Waals surface area (Å²) < 4.78 is 41.6. The van der Waals surface area contributed by atoms with Crippen molar-refractivity contribution in [3.8, 4) is 0 Å². The molecular formula is C22H19F3S. The fourth-order valence-electron chi connectivity index (χ4n) is 2.77. The number of rotatable bonds is 7. The van der Waals surface area contributed by atoms with Gasteiger partial charge in [0, 0.05) is 0 Å². The predicted molar refractivity (Wildman–Crippen MR) is 102 cm³/mol. The first-order valence-corrected chi connectivity index (χ1v) is 9.49. The third kappa shape index (κ3) is 4.92. The fourth-order valence-corrected chi connectivity index (χ4v) is 4.06. The van der Waals surface area contributed by atoms with Gasteiger partial charge in [0.25, 0.3) is 0 Å². The fraction of sp³-hybridized carbons (Fsp3) is 0.182. The number of aryl methyl sites for hydroxylation is 1. The summed E-state index contributed by atoms with van der Waals surface area (Å²) in [5.41, 5.74) is 2.34. The molecule has 0 aliphatic carbocycles. The minimum atomic E-state index is -1.30. The molecule has 0 saturated heterocycles. The van der Waals surface area contributed by atoms with E-state index in [1.165, 1.54) is 53.7 Å². The molecule has 0 N–H and O–H groups in total. The topological polar surface area (TPSA) is 0 Å². The second-order valence-corrected chi connectivity index (χ2v) is 7.28. The van der Waals surface area contributed by atoms with Gasteiger partial charge in [0.05, 0.1) is 5.25 Å². The Morgan fingerprint density at radius 3 is 1.81 bits per heavy atom. The van der Waals surface area contributed by atoms with E-state index in [1.807, 2.05) is 30.3 Å². The number of hydrogen-bond donors (Lipinski definition) is 0. The molecule has 3 aromatic rings. The largest absolute Gasteiger partial charge is 0.241 e. The maximum Gasteiger partial charge on any atom is 0.141 e. The average Bonchev–Trinajstić information content (AvgIpc) is 2.67. The molecule has 0 fully saturated rings. The number of hydrogen-bond acceptors (Lipinski definition) is 1. The van der Waals surface area contributed by atoms with Crippen molar-refractivity contribution in [1.82, 2.24) is 0 Å². The third-order valence-electron chi connectivity index (χ3n) is 4.18. The van der Waals surface area contributed by atoms with E-state index in [2.05, 4.69) is 0 Å². The lowest BCUT2D eigenvalue weighted by atomic mass is 10.0. The summed E-state index contributed by atoms with van der Waals surface area (Å²) in [5, 5.41) is -0.482. The SMILES string of the molecule is Fc1ccc([C@H](F)[C@@H](SCCc2ccccc2)c2ccc(F)cc2)cc1. The highest BCUT2D eigenvalue weighted by Gasteiger charge is 2.25. The van der Waals surface area contributed by atoms with Gasteiger partial charge in [0.2, 0.25) is 0 Å². The Balaban J connectivity index is 1.76. The molecule has 0 saturated carbocycles. The quantitative estimate of drug-likeness (QED) is 0.445. The molecule has 0 aliphatic rings. The van der Waals surface area contributed by atoms with Crippen LogP contribution in [0.2, 0.25) is 0 Å². The van der Waals surface area contributed by atoms with E-state index in [4.69, 9.17) is 0 Å². The van der Waals surface area contributed by atoms with Crippen molar-refractivity contribution in [2.24, 2.45) is 0 Å². The van der Waals surface area contributed by atoms with E-state index in [0.29, 0.717) is 5.56 Å². The number of alkyl halides is 1. The Morgan fingerprint density at radius 1 is 0.692 bits per heavy atom. The Bertz CT molecular complexity index is 801. The van der Waals surface area contributed by atoms with Crippen LogP contribution in [-0.2, 0) is 6.42 Å². The zero-order valence-corrected chi connectivity index (χ0v) is 14.9. The summed E-state index contributed by atoms with van der Waals surface area (Å²) in [7, 11) is 0. The number of thioether (sulfide) groups is 1. The van der Waals surface area contributed by atoms with Gasteiger partial charge in [-0.05, 0) is 53.1 Å². The monoisotopic (exact) mass is 372 g/mol. The van der Waals surface area contributed by atoms with Gasteiger partial charge in [-0.25, -0.2) is 13.2 Å². The number of benzene rings is 3. The van der Waals surface area contributed by atoms with Crippen molar-refractivity contribution in [3.05, 3.63) is 107 Å². The van der Waals surface area contributed by atoms with Crippen LogP contribution in [0.4, 0.5) is 13.2 Å². The Labute approximate surface area is 156 Å². The van der Waals surface area contributed by atoms with Crippen molar-refractivity contribution < 1.29 is 13.2 Å². The molecule has 0 radical (unpaired) electrons. The van der Waals surface area contributed by atoms with Crippen molar-refractivity contribution >= 4 is 11.8 Å². The molecule has 0 aromatic heterocycles. The minimum absolute atomic E-state index is 0.348. The summed E-state index contributed by atoms with van der Waals surface area (Å²) in [5.74, 6) is -0.0109. The van der Waals surface area contributed by atoms with Crippen molar-refractivity contribution in [3.63, 3.8) is 0 Å². The van der Waals surface area contributed by atoms with Crippen LogP contribution in [0.1, 0.15) is 28.1 Å². The first-order valence-electron chi connectivity index (χ1n) is 8.44. The maximum absolute atomic E-state index is 15.2. The van der Waals surface area contributed by atoms with Gasteiger partial charge in [-0.2, -0.15) is 0 Å². The third-order valence-corrected chi connectivity index (χ3v) is 5.49. The zero-order chi connectivity index (χ0) is 18.4. The van der Waals surface area contributed by atoms with Crippen LogP contribution in [-0.4, -0.2) is 5.75 Å². The van der Waals surface area contributed by atoms with Crippen LogP contribution in [0.5, 0.6) is 0 Å². The van der Waals surface area contributed by atoms with Crippen LogP contribution in [0.25, 0.3) is 0 Å². The van der Waals surface area contributed by atoms with Crippen molar-refractivity contribution in [2.45, 2.75) is 17.8 Å². The molecule has 134 valence electrons. The van der Waals surface area contributed by atoms with E-state index < -0.39 is 17.2 Å². The summed E-state index contributed by atoms with van der Waals surface area (Å²) in [6, 6.07) is 21.4. The molecule has 3 aromatic carbocycles. The molecule has 0 amide bonds. The summed E-state index contributed by atoms with van der Waals surface area (Å²) >= 11 is 1.49. The van der Waals surface area contributed by atoms with Crippen LogP contribution in [0.15, 0.2) is 78.9 Å². The average molecular weight is 372 g/mol. The van der Waals surface area contributed by atoms with Crippen LogP contribution in [0, 0.1) is 11.6 Å². The highest BCUT2D eigenvalue weighted by Crippen LogP contribution is 2.42. The van der Waals surface area contributed by atoms with Gasteiger partial charge >= 0.3 is 0 Å². The molecule has 2 atom stereocenters. The second-order valence-electron chi connectivity index (χ2n) is 6.03. The Morgan fingerprint density at radius 2 is 1.23 bits per heavy atom. The molecule has 0 bridgehead atoms. The zero-order valence-electron chi connectivity index (χ0n) is 14.1. The molecule has 0 aliphatic heterocycles. The van der Waals surface area contributed by atoms with Gasteiger partial charge in [-0.15, -0.1) is 11.8 Å². The van der Waals surface area contributed by atoms with E-state index in [9.17, 15) is 8.78 Å².